The van der Waals surface area contributed by atoms with Gasteiger partial charge in [-0.05, 0) is 77.0 Å². The molecule has 0 amide bonds. The molecule has 0 saturated heterocycles. The number of allylic oxidation sites excluding steroid dienone is 10. The number of phosphoric acid groups is 1. The largest absolute Gasteiger partial charge is 0.472 e. The number of carbonyl (C=O) groups excluding carboxylic acids is 2. The summed E-state index contributed by atoms with van der Waals surface area (Å²) in [4.78, 5) is 34.5. The van der Waals surface area contributed by atoms with E-state index in [0.717, 1.165) is 64.9 Å². The third-order valence-electron chi connectivity index (χ3n) is 9.25. The summed E-state index contributed by atoms with van der Waals surface area (Å²) in [5.74, 6) is -0.856. The molecular formula is C46H81O8P. The van der Waals surface area contributed by atoms with Crippen LogP contribution in [0.1, 0.15) is 194 Å². The summed E-state index contributed by atoms with van der Waals surface area (Å²) in [6.45, 7) is 3.74. The molecule has 0 spiro atoms. The van der Waals surface area contributed by atoms with Crippen LogP contribution < -0.4 is 0 Å². The van der Waals surface area contributed by atoms with Gasteiger partial charge < -0.3 is 14.4 Å². The summed E-state index contributed by atoms with van der Waals surface area (Å²) in [6, 6.07) is 0. The van der Waals surface area contributed by atoms with E-state index in [2.05, 4.69) is 79.1 Å². The average molecular weight is 793 g/mol. The predicted molar refractivity (Wildman–Crippen MR) is 230 cm³/mol. The smallest absolute Gasteiger partial charge is 0.462 e. The molecule has 0 aromatic heterocycles. The maximum absolute atomic E-state index is 12.5. The third kappa shape index (κ3) is 41.2. The Balaban J connectivity index is 4.01. The van der Waals surface area contributed by atoms with Crippen molar-refractivity contribution in [1.82, 2.24) is 0 Å². The molecule has 0 saturated carbocycles. The molecule has 8 nitrogen and oxygen atoms in total. The van der Waals surface area contributed by atoms with Gasteiger partial charge in [-0.1, -0.05) is 164 Å². The molecule has 0 aliphatic carbocycles. The third-order valence-corrected chi connectivity index (χ3v) is 10.2. The molecule has 55 heavy (non-hydrogen) atoms. The van der Waals surface area contributed by atoms with Gasteiger partial charge in [0.1, 0.15) is 6.61 Å². The first-order chi connectivity index (χ1) is 26.8. The lowest BCUT2D eigenvalue weighted by atomic mass is 10.1. The molecule has 2 atom stereocenters. The van der Waals surface area contributed by atoms with Gasteiger partial charge in [0, 0.05) is 20.0 Å². The standard InChI is InChI=1S/C46H81O8P/c1-4-6-8-10-12-14-16-18-20-21-22-23-24-25-27-28-30-32-34-36-38-40-45(47)52-42-44(43-53-55(49,50)51-3)54-46(48)41-39-37-35-33-31-29-26-19-17-15-13-11-9-7-5-2/h7,9,13,15,19,21-22,26,31,33,44H,4-6,8,10-12,14,16-18,20,23-25,27-30,32,34-43H2,1-3H3,(H,49,50)/b9-7-,15-13-,22-21-,26-19-,33-31-. The van der Waals surface area contributed by atoms with Crippen LogP contribution in [-0.4, -0.2) is 43.3 Å². The quantitative estimate of drug-likeness (QED) is 0.0283. The molecule has 0 aromatic carbocycles. The van der Waals surface area contributed by atoms with Gasteiger partial charge in [0.15, 0.2) is 6.10 Å². The van der Waals surface area contributed by atoms with Crippen LogP contribution in [0.5, 0.6) is 0 Å². The summed E-state index contributed by atoms with van der Waals surface area (Å²) in [5, 5.41) is 0. The Morgan fingerprint density at radius 1 is 0.527 bits per heavy atom. The summed E-state index contributed by atoms with van der Waals surface area (Å²) >= 11 is 0. The van der Waals surface area contributed by atoms with Crippen LogP contribution in [0.25, 0.3) is 0 Å². The fourth-order valence-electron chi connectivity index (χ4n) is 5.88. The fourth-order valence-corrected chi connectivity index (χ4v) is 6.34. The van der Waals surface area contributed by atoms with Gasteiger partial charge in [-0.3, -0.25) is 18.6 Å². The topological polar surface area (TPSA) is 108 Å². The highest BCUT2D eigenvalue weighted by atomic mass is 31.2. The Morgan fingerprint density at radius 3 is 1.44 bits per heavy atom. The molecular weight excluding hydrogens is 711 g/mol. The number of hydrogen-bond acceptors (Lipinski definition) is 7. The molecule has 0 aromatic rings. The maximum atomic E-state index is 12.5. The maximum Gasteiger partial charge on any atom is 0.472 e. The molecule has 2 unspecified atom stereocenters. The summed E-state index contributed by atoms with van der Waals surface area (Å²) in [6.07, 6.45) is 51.4. The summed E-state index contributed by atoms with van der Waals surface area (Å²) in [5.41, 5.74) is 0. The van der Waals surface area contributed by atoms with Gasteiger partial charge in [-0.25, -0.2) is 4.57 Å². The Bertz CT molecular complexity index is 1080. The fraction of sp³-hybridized carbons (Fsp3) is 0.739. The zero-order chi connectivity index (χ0) is 40.3. The molecule has 0 bridgehead atoms. The minimum absolute atomic E-state index is 0.190. The van der Waals surface area contributed by atoms with Gasteiger partial charge in [0.2, 0.25) is 0 Å². The second-order valence-electron chi connectivity index (χ2n) is 14.4. The average Bonchev–Trinajstić information content (AvgIpc) is 3.18. The number of unbranched alkanes of at least 4 members (excludes halogenated alkanes) is 19. The highest BCUT2D eigenvalue weighted by Gasteiger charge is 2.24. The first-order valence-corrected chi connectivity index (χ1v) is 23.5. The number of phosphoric ester groups is 1. The van der Waals surface area contributed by atoms with Crippen LogP contribution in [0.4, 0.5) is 0 Å². The highest BCUT2D eigenvalue weighted by molar-refractivity contribution is 7.47. The molecule has 0 aliphatic rings. The van der Waals surface area contributed by atoms with Gasteiger partial charge in [-0.2, -0.15) is 0 Å². The Labute approximate surface area is 337 Å². The van der Waals surface area contributed by atoms with Crippen LogP contribution in [0, 0.1) is 0 Å². The second kappa shape index (κ2) is 41.4. The lowest BCUT2D eigenvalue weighted by Crippen LogP contribution is -2.29. The number of ether oxygens (including phenoxy) is 2. The summed E-state index contributed by atoms with van der Waals surface area (Å²) in [7, 11) is -3.22. The van der Waals surface area contributed by atoms with Crippen molar-refractivity contribution in [1.29, 1.82) is 0 Å². The van der Waals surface area contributed by atoms with E-state index in [9.17, 15) is 19.0 Å². The zero-order valence-electron chi connectivity index (χ0n) is 35.3. The van der Waals surface area contributed by atoms with Crippen molar-refractivity contribution in [3.63, 3.8) is 0 Å². The van der Waals surface area contributed by atoms with E-state index in [4.69, 9.17) is 14.0 Å². The molecule has 0 radical (unpaired) electrons. The highest BCUT2D eigenvalue weighted by Crippen LogP contribution is 2.42. The molecule has 9 heteroatoms. The van der Waals surface area contributed by atoms with Crippen molar-refractivity contribution in [3.8, 4) is 0 Å². The first-order valence-electron chi connectivity index (χ1n) is 22.0. The van der Waals surface area contributed by atoms with E-state index < -0.39 is 26.5 Å². The SMILES string of the molecule is CC/C=C\C/C=C\C/C=C\C/C=C\CCCCC(=O)OC(COC(=O)CCCCCCCCCCC/C=C\CCCCCCCCCC)COP(=O)(O)OC. The van der Waals surface area contributed by atoms with Crippen molar-refractivity contribution in [2.45, 2.75) is 200 Å². The van der Waals surface area contributed by atoms with E-state index >= 15 is 0 Å². The zero-order valence-corrected chi connectivity index (χ0v) is 36.2. The predicted octanol–water partition coefficient (Wildman–Crippen LogP) is 13.9. The first kappa shape index (κ1) is 52.8. The van der Waals surface area contributed by atoms with Gasteiger partial charge in [-0.15, -0.1) is 0 Å². The van der Waals surface area contributed by atoms with E-state index in [1.54, 1.807) is 0 Å². The minimum atomic E-state index is -4.28. The van der Waals surface area contributed by atoms with E-state index in [-0.39, 0.29) is 25.4 Å². The van der Waals surface area contributed by atoms with Gasteiger partial charge in [0.25, 0.3) is 0 Å². The van der Waals surface area contributed by atoms with Crippen molar-refractivity contribution in [3.05, 3.63) is 60.8 Å². The van der Waals surface area contributed by atoms with Crippen LogP contribution >= 0.6 is 7.82 Å². The number of rotatable bonds is 40. The molecule has 0 rings (SSSR count). The molecule has 0 heterocycles. The van der Waals surface area contributed by atoms with Crippen LogP contribution in [0.3, 0.4) is 0 Å². The molecule has 0 fully saturated rings. The van der Waals surface area contributed by atoms with Crippen molar-refractivity contribution in [2.75, 3.05) is 20.3 Å². The number of hydrogen-bond donors (Lipinski definition) is 1. The van der Waals surface area contributed by atoms with Gasteiger partial charge in [0.05, 0.1) is 6.61 Å². The lowest BCUT2D eigenvalue weighted by molar-refractivity contribution is -0.161. The van der Waals surface area contributed by atoms with Crippen molar-refractivity contribution < 1.29 is 37.6 Å². The van der Waals surface area contributed by atoms with E-state index in [1.807, 2.05) is 0 Å². The molecule has 1 N–H and O–H groups in total. The summed E-state index contributed by atoms with van der Waals surface area (Å²) < 4.78 is 31.9. The molecule has 0 aliphatic heterocycles. The molecule has 318 valence electrons. The van der Waals surface area contributed by atoms with Crippen LogP contribution in [0.2, 0.25) is 0 Å². The van der Waals surface area contributed by atoms with Crippen LogP contribution in [0.15, 0.2) is 60.8 Å². The lowest BCUT2D eigenvalue weighted by Gasteiger charge is -2.19. The normalized spacial score (nSPS) is 13.9. The Hall–Kier alpha value is -2.25. The van der Waals surface area contributed by atoms with E-state index in [0.29, 0.717) is 6.42 Å². The minimum Gasteiger partial charge on any atom is -0.462 e. The monoisotopic (exact) mass is 793 g/mol. The van der Waals surface area contributed by atoms with Crippen molar-refractivity contribution >= 4 is 19.8 Å². The number of carbonyl (C=O) groups is 2. The second-order valence-corrected chi connectivity index (χ2v) is 16.0. The van der Waals surface area contributed by atoms with Crippen molar-refractivity contribution in [2.24, 2.45) is 0 Å². The van der Waals surface area contributed by atoms with Gasteiger partial charge >= 0.3 is 19.8 Å². The Morgan fingerprint density at radius 2 is 0.927 bits per heavy atom. The number of esters is 2. The Kier molecular flexibility index (Phi) is 39.7. The van der Waals surface area contributed by atoms with Crippen LogP contribution in [-0.2, 0) is 32.7 Å². The van der Waals surface area contributed by atoms with E-state index in [1.165, 1.54) is 103 Å².